The van der Waals surface area contributed by atoms with Crippen LogP contribution in [0.1, 0.15) is 30.6 Å². The lowest BCUT2D eigenvalue weighted by atomic mass is 9.76. The summed E-state index contributed by atoms with van der Waals surface area (Å²) >= 11 is 0. The Balaban J connectivity index is 1.91. The minimum Gasteiger partial charge on any atom is -0.469 e. The van der Waals surface area contributed by atoms with Crippen molar-refractivity contribution in [3.63, 3.8) is 0 Å². The van der Waals surface area contributed by atoms with Crippen molar-refractivity contribution >= 4 is 33.0 Å². The first-order valence-corrected chi connectivity index (χ1v) is 10.7. The van der Waals surface area contributed by atoms with E-state index in [0.717, 1.165) is 17.4 Å². The molecule has 0 saturated carbocycles. The number of esters is 1. The molecule has 2 aromatic rings. The number of ether oxygens (including phenoxy) is 1. The van der Waals surface area contributed by atoms with Gasteiger partial charge in [0, 0.05) is 11.6 Å². The number of benzene rings is 1. The number of nitrogens with one attached hydrogen (secondary N) is 1. The van der Waals surface area contributed by atoms with Crippen LogP contribution in [0, 0.1) is 5.92 Å². The van der Waals surface area contributed by atoms with Crippen LogP contribution in [0.25, 0.3) is 5.57 Å². The van der Waals surface area contributed by atoms with Crippen LogP contribution in [0.15, 0.2) is 53.2 Å². The summed E-state index contributed by atoms with van der Waals surface area (Å²) in [6.07, 6.45) is 4.46. The van der Waals surface area contributed by atoms with Crippen LogP contribution in [0.4, 0.5) is 5.69 Å². The first-order chi connectivity index (χ1) is 13.3. The fourth-order valence-corrected chi connectivity index (χ4v) is 3.88. The normalized spacial score (nSPS) is 19.8. The molecule has 148 valence electrons. The number of sulfonamides is 1. The lowest BCUT2D eigenvalue weighted by molar-refractivity contribution is -0.151. The quantitative estimate of drug-likeness (QED) is 0.588. The van der Waals surface area contributed by atoms with Crippen LogP contribution in [0.3, 0.4) is 0 Å². The molecule has 1 aliphatic rings. The summed E-state index contributed by atoms with van der Waals surface area (Å²) in [5.74, 6) is -1.75. The Bertz CT molecular complexity index is 990. The highest BCUT2D eigenvalue weighted by Crippen LogP contribution is 2.40. The molecular formula is C20H21NO6S. The third-order valence-electron chi connectivity index (χ3n) is 4.47. The Morgan fingerprint density at radius 3 is 2.54 bits per heavy atom. The van der Waals surface area contributed by atoms with Crippen LogP contribution in [0.2, 0.25) is 0 Å². The third kappa shape index (κ3) is 4.51. The average Bonchev–Trinajstić information content (AvgIpc) is 3.15. The summed E-state index contributed by atoms with van der Waals surface area (Å²) in [4.78, 5) is 25.1. The molecule has 1 heterocycles. The van der Waals surface area contributed by atoms with Gasteiger partial charge in [-0.05, 0) is 54.8 Å². The number of carbonyl (C=O) groups excluding carboxylic acids is 2. The molecular weight excluding hydrogens is 382 g/mol. The minimum atomic E-state index is -3.37. The molecule has 0 bridgehead atoms. The predicted octanol–water partition coefficient (Wildman–Crippen LogP) is 2.97. The number of anilines is 1. The molecule has 0 radical (unpaired) electrons. The van der Waals surface area contributed by atoms with Gasteiger partial charge in [-0.15, -0.1) is 0 Å². The average molecular weight is 403 g/mol. The molecule has 2 atom stereocenters. The van der Waals surface area contributed by atoms with E-state index in [1.165, 1.54) is 12.3 Å². The zero-order valence-corrected chi connectivity index (χ0v) is 16.4. The molecule has 1 aliphatic carbocycles. The Morgan fingerprint density at radius 2 is 1.96 bits per heavy atom. The molecule has 0 spiro atoms. The smallest absolute Gasteiger partial charge is 0.317 e. The van der Waals surface area contributed by atoms with E-state index in [1.54, 1.807) is 43.3 Å². The fourth-order valence-electron chi connectivity index (χ4n) is 3.32. The van der Waals surface area contributed by atoms with Gasteiger partial charge >= 0.3 is 5.97 Å². The molecule has 1 aromatic carbocycles. The van der Waals surface area contributed by atoms with Gasteiger partial charge in [-0.2, -0.15) is 0 Å². The van der Waals surface area contributed by atoms with Gasteiger partial charge in [-0.3, -0.25) is 14.3 Å². The fraction of sp³-hybridized carbons (Fsp3) is 0.300. The van der Waals surface area contributed by atoms with E-state index >= 15 is 0 Å². The summed E-state index contributed by atoms with van der Waals surface area (Å²) in [5, 5.41) is 0. The Morgan fingerprint density at radius 1 is 1.25 bits per heavy atom. The molecule has 0 saturated heterocycles. The molecule has 8 heteroatoms. The zero-order valence-electron chi connectivity index (χ0n) is 15.5. The molecule has 0 aliphatic heterocycles. The summed E-state index contributed by atoms with van der Waals surface area (Å²) in [6, 6.07) is 10.2. The number of furan rings is 1. The van der Waals surface area contributed by atoms with Crippen molar-refractivity contribution in [2.24, 2.45) is 5.92 Å². The van der Waals surface area contributed by atoms with Gasteiger partial charge in [0.2, 0.25) is 10.0 Å². The molecule has 1 aromatic heterocycles. The zero-order chi connectivity index (χ0) is 20.3. The highest BCUT2D eigenvalue weighted by atomic mass is 32.2. The van der Waals surface area contributed by atoms with Gasteiger partial charge in [0.25, 0.3) is 0 Å². The van der Waals surface area contributed by atoms with Crippen molar-refractivity contribution in [1.82, 2.24) is 0 Å². The Kier molecular flexibility index (Phi) is 5.69. The van der Waals surface area contributed by atoms with Gasteiger partial charge in [0.15, 0.2) is 5.78 Å². The summed E-state index contributed by atoms with van der Waals surface area (Å²) in [5.41, 5.74) is 1.95. The van der Waals surface area contributed by atoms with Gasteiger partial charge in [-0.1, -0.05) is 12.1 Å². The summed E-state index contributed by atoms with van der Waals surface area (Å²) in [7, 11) is -3.37. The van der Waals surface area contributed by atoms with Gasteiger partial charge in [-0.25, -0.2) is 8.42 Å². The number of ketones is 1. The maximum atomic E-state index is 12.7. The maximum Gasteiger partial charge on any atom is 0.317 e. The Labute approximate surface area is 163 Å². The molecule has 0 unspecified atom stereocenters. The molecule has 3 rings (SSSR count). The summed E-state index contributed by atoms with van der Waals surface area (Å²) < 4.78 is 35.6. The predicted molar refractivity (Wildman–Crippen MR) is 104 cm³/mol. The van der Waals surface area contributed by atoms with E-state index in [1.807, 2.05) is 0 Å². The second-order valence-corrected chi connectivity index (χ2v) is 8.33. The first-order valence-electron chi connectivity index (χ1n) is 8.81. The van der Waals surface area contributed by atoms with E-state index in [9.17, 15) is 18.0 Å². The van der Waals surface area contributed by atoms with Gasteiger partial charge in [0.1, 0.15) is 11.7 Å². The van der Waals surface area contributed by atoms with Crippen LogP contribution in [-0.2, 0) is 24.3 Å². The van der Waals surface area contributed by atoms with E-state index in [-0.39, 0.29) is 12.4 Å². The molecule has 28 heavy (non-hydrogen) atoms. The highest BCUT2D eigenvalue weighted by Gasteiger charge is 2.41. The monoisotopic (exact) mass is 403 g/mol. The Hall–Kier alpha value is -2.87. The van der Waals surface area contributed by atoms with Crippen molar-refractivity contribution in [2.45, 2.75) is 19.3 Å². The molecule has 0 amide bonds. The van der Waals surface area contributed by atoms with E-state index in [2.05, 4.69) is 4.72 Å². The SMILES string of the molecule is CCOC(=O)[C@@H]1C(=O)C=C(c2ccc(NS(C)(=O)=O)cc2)C[C@@H]1c1ccco1. The second-order valence-electron chi connectivity index (χ2n) is 6.58. The van der Waals surface area contributed by atoms with E-state index in [4.69, 9.17) is 9.15 Å². The third-order valence-corrected chi connectivity index (χ3v) is 5.08. The second kappa shape index (κ2) is 8.02. The molecule has 0 fully saturated rings. The van der Waals surface area contributed by atoms with E-state index in [0.29, 0.717) is 17.9 Å². The topological polar surface area (TPSA) is 103 Å². The molecule has 1 N–H and O–H groups in total. The van der Waals surface area contributed by atoms with Crippen molar-refractivity contribution in [1.29, 1.82) is 0 Å². The maximum absolute atomic E-state index is 12.7. The molecule has 7 nitrogen and oxygen atoms in total. The minimum absolute atomic E-state index is 0.193. The van der Waals surface area contributed by atoms with Crippen LogP contribution >= 0.6 is 0 Å². The first kappa shape index (κ1) is 19.9. The number of hydrogen-bond acceptors (Lipinski definition) is 6. The highest BCUT2D eigenvalue weighted by molar-refractivity contribution is 7.92. The van der Waals surface area contributed by atoms with Crippen LogP contribution < -0.4 is 4.72 Å². The number of carbonyl (C=O) groups is 2. The van der Waals surface area contributed by atoms with Gasteiger partial charge < -0.3 is 9.15 Å². The van der Waals surface area contributed by atoms with Crippen molar-refractivity contribution in [2.75, 3.05) is 17.6 Å². The largest absolute Gasteiger partial charge is 0.469 e. The van der Waals surface area contributed by atoms with Crippen molar-refractivity contribution < 1.29 is 27.2 Å². The van der Waals surface area contributed by atoms with Crippen LogP contribution in [-0.4, -0.2) is 33.0 Å². The van der Waals surface area contributed by atoms with E-state index < -0.39 is 27.8 Å². The number of hydrogen-bond donors (Lipinski definition) is 1. The standard InChI is InChI=1S/C20H21NO6S/c1-3-26-20(23)19-16(18-5-4-10-27-18)11-14(12-17(19)22)13-6-8-15(9-7-13)21-28(2,24)25/h4-10,12,16,19,21H,3,11H2,1-2H3/t16-,19+/m1/s1. The van der Waals surface area contributed by atoms with Crippen molar-refractivity contribution in [3.05, 3.63) is 60.1 Å². The number of rotatable bonds is 6. The lowest BCUT2D eigenvalue weighted by Crippen LogP contribution is -2.33. The lowest BCUT2D eigenvalue weighted by Gasteiger charge is -2.27. The van der Waals surface area contributed by atoms with Crippen molar-refractivity contribution in [3.8, 4) is 0 Å². The van der Waals surface area contributed by atoms with Gasteiger partial charge in [0.05, 0.1) is 19.1 Å². The summed E-state index contributed by atoms with van der Waals surface area (Å²) in [6.45, 7) is 1.89. The van der Waals surface area contributed by atoms with Crippen LogP contribution in [0.5, 0.6) is 0 Å². The number of allylic oxidation sites excluding steroid dienone is 2.